The fraction of sp³-hybridized carbons (Fsp3) is 0.286. The van der Waals surface area contributed by atoms with Gasteiger partial charge in [-0.05, 0) is 55.8 Å². The molecule has 26 heavy (non-hydrogen) atoms. The summed E-state index contributed by atoms with van der Waals surface area (Å²) in [5, 5.41) is 2.91. The molecule has 2 aromatic rings. The quantitative estimate of drug-likeness (QED) is 0.655. The summed E-state index contributed by atoms with van der Waals surface area (Å²) in [6.45, 7) is 9.42. The van der Waals surface area contributed by atoms with Gasteiger partial charge in [0.05, 0.1) is 13.2 Å². The van der Waals surface area contributed by atoms with Gasteiger partial charge >= 0.3 is 0 Å². The van der Waals surface area contributed by atoms with Crippen molar-refractivity contribution in [2.75, 3.05) is 19.8 Å². The van der Waals surface area contributed by atoms with Gasteiger partial charge in [-0.15, -0.1) is 0 Å². The van der Waals surface area contributed by atoms with E-state index in [0.717, 1.165) is 5.56 Å². The van der Waals surface area contributed by atoms with Gasteiger partial charge < -0.3 is 19.5 Å². The van der Waals surface area contributed by atoms with Crippen molar-refractivity contribution in [2.24, 2.45) is 0 Å². The van der Waals surface area contributed by atoms with Crippen molar-refractivity contribution >= 4 is 5.91 Å². The Morgan fingerprint density at radius 3 is 2.35 bits per heavy atom. The maximum atomic E-state index is 12.3. The normalized spacial score (nSPS) is 10.1. The van der Waals surface area contributed by atoms with Crippen molar-refractivity contribution < 1.29 is 19.0 Å². The van der Waals surface area contributed by atoms with Crippen molar-refractivity contribution in [1.82, 2.24) is 5.32 Å². The van der Waals surface area contributed by atoms with Crippen LogP contribution in [0.2, 0.25) is 0 Å². The van der Waals surface area contributed by atoms with Crippen molar-refractivity contribution in [2.45, 2.75) is 20.4 Å². The first-order chi connectivity index (χ1) is 12.7. The second-order valence-corrected chi connectivity index (χ2v) is 5.45. The van der Waals surface area contributed by atoms with Crippen LogP contribution in [0.15, 0.2) is 55.1 Å². The van der Waals surface area contributed by atoms with Gasteiger partial charge in [0, 0.05) is 12.1 Å². The Bertz CT molecular complexity index is 725. The van der Waals surface area contributed by atoms with E-state index in [1.807, 2.05) is 32.0 Å². The highest BCUT2D eigenvalue weighted by Crippen LogP contribution is 2.28. The zero-order valence-corrected chi connectivity index (χ0v) is 15.3. The Morgan fingerprint density at radius 2 is 1.69 bits per heavy atom. The first kappa shape index (κ1) is 19.4. The van der Waals surface area contributed by atoms with Crippen molar-refractivity contribution in [3.63, 3.8) is 0 Å². The van der Waals surface area contributed by atoms with Gasteiger partial charge in [0.2, 0.25) is 0 Å². The summed E-state index contributed by atoms with van der Waals surface area (Å²) in [6, 6.07) is 12.7. The number of hydrogen-bond donors (Lipinski definition) is 1. The molecule has 0 aliphatic rings. The van der Waals surface area contributed by atoms with Crippen LogP contribution in [0.1, 0.15) is 29.8 Å². The van der Waals surface area contributed by atoms with Crippen LogP contribution in [0, 0.1) is 0 Å². The summed E-state index contributed by atoms with van der Waals surface area (Å²) in [5.74, 6) is 1.95. The van der Waals surface area contributed by atoms with Gasteiger partial charge in [-0.2, -0.15) is 0 Å². The molecule has 2 rings (SSSR count). The van der Waals surface area contributed by atoms with Crippen molar-refractivity contribution in [1.29, 1.82) is 0 Å². The predicted octanol–water partition coefficient (Wildman–Crippen LogP) is 3.98. The van der Waals surface area contributed by atoms with E-state index in [-0.39, 0.29) is 5.91 Å². The van der Waals surface area contributed by atoms with Gasteiger partial charge in [0.15, 0.2) is 11.5 Å². The number of rotatable bonds is 10. The second kappa shape index (κ2) is 10.1. The molecule has 0 aliphatic heterocycles. The molecule has 0 heterocycles. The van der Waals surface area contributed by atoms with E-state index in [9.17, 15) is 4.79 Å². The topological polar surface area (TPSA) is 56.8 Å². The molecular formula is C21H25NO4. The molecule has 0 bridgehead atoms. The van der Waals surface area contributed by atoms with E-state index in [0.29, 0.717) is 49.2 Å². The van der Waals surface area contributed by atoms with Crippen LogP contribution >= 0.6 is 0 Å². The Kier molecular flexibility index (Phi) is 7.55. The summed E-state index contributed by atoms with van der Waals surface area (Å²) < 4.78 is 16.6. The first-order valence-corrected chi connectivity index (χ1v) is 8.68. The van der Waals surface area contributed by atoms with Crippen LogP contribution in [0.3, 0.4) is 0 Å². The van der Waals surface area contributed by atoms with Gasteiger partial charge in [0.1, 0.15) is 12.4 Å². The molecule has 0 fully saturated rings. The molecule has 0 aromatic heterocycles. The molecule has 0 aliphatic carbocycles. The average Bonchev–Trinajstić information content (AvgIpc) is 2.67. The van der Waals surface area contributed by atoms with Gasteiger partial charge in [-0.1, -0.05) is 18.7 Å². The largest absolute Gasteiger partial charge is 0.490 e. The lowest BCUT2D eigenvalue weighted by Crippen LogP contribution is -2.22. The van der Waals surface area contributed by atoms with Crippen LogP contribution in [-0.2, 0) is 6.54 Å². The van der Waals surface area contributed by atoms with Crippen molar-refractivity contribution in [3.05, 3.63) is 66.2 Å². The minimum Gasteiger partial charge on any atom is -0.490 e. The van der Waals surface area contributed by atoms with Crippen LogP contribution in [0.5, 0.6) is 17.2 Å². The number of carbonyl (C=O) groups is 1. The third-order valence-electron chi connectivity index (χ3n) is 3.55. The Balaban J connectivity index is 1.97. The van der Waals surface area contributed by atoms with Gasteiger partial charge in [-0.3, -0.25) is 4.79 Å². The highest BCUT2D eigenvalue weighted by Gasteiger charge is 2.09. The highest BCUT2D eigenvalue weighted by molar-refractivity contribution is 5.94. The molecule has 0 saturated heterocycles. The first-order valence-electron chi connectivity index (χ1n) is 8.68. The lowest BCUT2D eigenvalue weighted by atomic mass is 10.1. The zero-order chi connectivity index (χ0) is 18.8. The molecule has 0 radical (unpaired) electrons. The molecular weight excluding hydrogens is 330 g/mol. The minimum atomic E-state index is -0.146. The number of nitrogens with one attached hydrogen (secondary N) is 1. The van der Waals surface area contributed by atoms with E-state index in [2.05, 4.69) is 11.9 Å². The zero-order valence-electron chi connectivity index (χ0n) is 15.3. The minimum absolute atomic E-state index is 0.146. The smallest absolute Gasteiger partial charge is 0.251 e. The predicted molar refractivity (Wildman–Crippen MR) is 102 cm³/mol. The molecule has 0 unspecified atom stereocenters. The number of ether oxygens (including phenoxy) is 3. The SMILES string of the molecule is C=CCOc1ccc(C(=O)NCc2ccc(OCC)c(OCC)c2)cc1. The summed E-state index contributed by atoms with van der Waals surface area (Å²) in [4.78, 5) is 12.3. The molecule has 138 valence electrons. The van der Waals surface area contributed by atoms with Crippen LogP contribution in [0.4, 0.5) is 0 Å². The third kappa shape index (κ3) is 5.55. The van der Waals surface area contributed by atoms with E-state index < -0.39 is 0 Å². The lowest BCUT2D eigenvalue weighted by molar-refractivity contribution is 0.0951. The Labute approximate surface area is 154 Å². The van der Waals surface area contributed by atoms with Crippen molar-refractivity contribution in [3.8, 4) is 17.2 Å². The third-order valence-corrected chi connectivity index (χ3v) is 3.55. The van der Waals surface area contributed by atoms with Gasteiger partial charge in [0.25, 0.3) is 5.91 Å². The summed E-state index contributed by atoms with van der Waals surface area (Å²) >= 11 is 0. The maximum absolute atomic E-state index is 12.3. The molecule has 2 aromatic carbocycles. The van der Waals surface area contributed by atoms with Crippen LogP contribution in [0.25, 0.3) is 0 Å². The number of benzene rings is 2. The number of carbonyl (C=O) groups excluding carboxylic acids is 1. The molecule has 0 saturated carbocycles. The molecule has 0 spiro atoms. The average molecular weight is 355 g/mol. The van der Waals surface area contributed by atoms with Crippen LogP contribution < -0.4 is 19.5 Å². The monoisotopic (exact) mass is 355 g/mol. The maximum Gasteiger partial charge on any atom is 0.251 e. The second-order valence-electron chi connectivity index (χ2n) is 5.45. The standard InChI is InChI=1S/C21H25NO4/c1-4-13-26-18-10-8-17(9-11-18)21(23)22-15-16-7-12-19(24-5-2)20(14-16)25-6-3/h4,7-12,14H,1,5-6,13,15H2,2-3H3,(H,22,23). The van der Waals surface area contributed by atoms with E-state index in [4.69, 9.17) is 14.2 Å². The Hall–Kier alpha value is -2.95. The summed E-state index contributed by atoms with van der Waals surface area (Å²) in [7, 11) is 0. The van der Waals surface area contributed by atoms with Gasteiger partial charge in [-0.25, -0.2) is 0 Å². The molecule has 5 heteroatoms. The number of amides is 1. The molecule has 1 N–H and O–H groups in total. The van der Waals surface area contributed by atoms with E-state index >= 15 is 0 Å². The van der Waals surface area contributed by atoms with E-state index in [1.54, 1.807) is 30.3 Å². The lowest BCUT2D eigenvalue weighted by Gasteiger charge is -2.13. The van der Waals surface area contributed by atoms with E-state index in [1.165, 1.54) is 0 Å². The molecule has 5 nitrogen and oxygen atoms in total. The summed E-state index contributed by atoms with van der Waals surface area (Å²) in [6.07, 6.45) is 1.67. The highest BCUT2D eigenvalue weighted by atomic mass is 16.5. The summed E-state index contributed by atoms with van der Waals surface area (Å²) in [5.41, 5.74) is 1.52. The number of hydrogen-bond acceptors (Lipinski definition) is 4. The molecule has 1 amide bonds. The van der Waals surface area contributed by atoms with Crippen LogP contribution in [-0.4, -0.2) is 25.7 Å². The fourth-order valence-corrected chi connectivity index (χ4v) is 2.35. The fourth-order valence-electron chi connectivity index (χ4n) is 2.35. The Morgan fingerprint density at radius 1 is 1.00 bits per heavy atom. The molecule has 0 atom stereocenters.